The standard InChI is InChI=1S/C14H20IN3O/c15-10-6-12(17-7-10)14(19)18-13-8-2-1-3-9(13)5-11(16)4-8/h6-9,11,13,17H,1-5,16H2,(H,18,19). The zero-order valence-corrected chi connectivity index (χ0v) is 13.0. The van der Waals surface area contributed by atoms with Crippen LogP contribution in [0.3, 0.4) is 0 Å². The van der Waals surface area contributed by atoms with E-state index in [-0.39, 0.29) is 5.91 Å². The van der Waals surface area contributed by atoms with Gasteiger partial charge in [0.25, 0.3) is 5.91 Å². The highest BCUT2D eigenvalue weighted by Gasteiger charge is 2.40. The lowest BCUT2D eigenvalue weighted by Gasteiger charge is -2.45. The summed E-state index contributed by atoms with van der Waals surface area (Å²) in [6.45, 7) is 0. The Hall–Kier alpha value is -0.560. The predicted octanol–water partition coefficient (Wildman–Crippen LogP) is 2.26. The number of carbonyl (C=O) groups excluding carboxylic acids is 1. The normalized spacial score (nSPS) is 34.0. The molecule has 5 heteroatoms. The van der Waals surface area contributed by atoms with Crippen molar-refractivity contribution in [3.63, 3.8) is 0 Å². The highest BCUT2D eigenvalue weighted by Crippen LogP contribution is 2.39. The average molecular weight is 373 g/mol. The average Bonchev–Trinajstić information content (AvgIpc) is 2.77. The first-order valence-electron chi connectivity index (χ1n) is 7.04. The van der Waals surface area contributed by atoms with Gasteiger partial charge in [0.05, 0.1) is 0 Å². The van der Waals surface area contributed by atoms with Crippen molar-refractivity contribution in [1.29, 1.82) is 0 Å². The Labute approximate surface area is 127 Å². The molecule has 0 aliphatic heterocycles. The summed E-state index contributed by atoms with van der Waals surface area (Å²) in [6, 6.07) is 2.54. The van der Waals surface area contributed by atoms with E-state index >= 15 is 0 Å². The number of aromatic amines is 1. The van der Waals surface area contributed by atoms with E-state index in [9.17, 15) is 4.79 Å². The Bertz CT molecular complexity index is 459. The van der Waals surface area contributed by atoms with Crippen molar-refractivity contribution < 1.29 is 4.79 Å². The summed E-state index contributed by atoms with van der Waals surface area (Å²) >= 11 is 2.21. The highest BCUT2D eigenvalue weighted by molar-refractivity contribution is 14.1. The molecule has 2 aliphatic carbocycles. The number of rotatable bonds is 2. The molecule has 2 atom stereocenters. The van der Waals surface area contributed by atoms with E-state index in [1.807, 2.05) is 12.3 Å². The van der Waals surface area contributed by atoms with Crippen LogP contribution in [0.25, 0.3) is 0 Å². The number of H-pyrrole nitrogens is 1. The molecule has 0 radical (unpaired) electrons. The monoisotopic (exact) mass is 373 g/mol. The Kier molecular flexibility index (Phi) is 3.84. The van der Waals surface area contributed by atoms with Gasteiger partial charge in [-0.05, 0) is 66.2 Å². The highest BCUT2D eigenvalue weighted by atomic mass is 127. The molecule has 2 unspecified atom stereocenters. The van der Waals surface area contributed by atoms with Crippen LogP contribution in [-0.4, -0.2) is 23.0 Å². The van der Waals surface area contributed by atoms with Crippen molar-refractivity contribution in [1.82, 2.24) is 10.3 Å². The minimum Gasteiger partial charge on any atom is -0.356 e. The van der Waals surface area contributed by atoms with E-state index in [2.05, 4.69) is 32.9 Å². The molecule has 2 saturated carbocycles. The topological polar surface area (TPSA) is 70.9 Å². The number of amides is 1. The van der Waals surface area contributed by atoms with Crippen molar-refractivity contribution in [2.24, 2.45) is 17.6 Å². The molecule has 2 aliphatic rings. The number of fused-ring (bicyclic) bond motifs is 2. The Balaban J connectivity index is 1.70. The summed E-state index contributed by atoms with van der Waals surface area (Å²) in [6.07, 6.45) is 7.67. The van der Waals surface area contributed by atoms with Crippen molar-refractivity contribution in [3.05, 3.63) is 21.5 Å². The Morgan fingerprint density at radius 1 is 1.37 bits per heavy atom. The van der Waals surface area contributed by atoms with Crippen LogP contribution in [0.4, 0.5) is 0 Å². The lowest BCUT2D eigenvalue weighted by Crippen LogP contribution is -2.53. The maximum absolute atomic E-state index is 12.3. The molecule has 2 fully saturated rings. The van der Waals surface area contributed by atoms with E-state index in [1.165, 1.54) is 19.3 Å². The second-order valence-electron chi connectivity index (χ2n) is 5.91. The van der Waals surface area contributed by atoms with Crippen LogP contribution in [0.5, 0.6) is 0 Å². The number of nitrogens with two attached hydrogens (primary N) is 1. The van der Waals surface area contributed by atoms with Crippen molar-refractivity contribution >= 4 is 28.5 Å². The minimum atomic E-state index is 0.0280. The van der Waals surface area contributed by atoms with Gasteiger partial charge in [0.1, 0.15) is 5.69 Å². The van der Waals surface area contributed by atoms with Crippen LogP contribution >= 0.6 is 22.6 Å². The third-order valence-electron chi connectivity index (χ3n) is 4.57. The van der Waals surface area contributed by atoms with Crippen LogP contribution in [0.15, 0.2) is 12.3 Å². The maximum atomic E-state index is 12.3. The molecule has 4 nitrogen and oxygen atoms in total. The van der Waals surface area contributed by atoms with Crippen LogP contribution in [0, 0.1) is 15.4 Å². The van der Waals surface area contributed by atoms with Crippen molar-refractivity contribution in [3.8, 4) is 0 Å². The van der Waals surface area contributed by atoms with Gasteiger partial charge in [0, 0.05) is 21.9 Å². The smallest absolute Gasteiger partial charge is 0.267 e. The molecule has 1 amide bonds. The number of carbonyl (C=O) groups is 1. The summed E-state index contributed by atoms with van der Waals surface area (Å²) in [4.78, 5) is 15.3. The largest absolute Gasteiger partial charge is 0.356 e. The summed E-state index contributed by atoms with van der Waals surface area (Å²) in [7, 11) is 0. The molecule has 0 aromatic carbocycles. The first kappa shape index (κ1) is 13.4. The van der Waals surface area contributed by atoms with E-state index in [0.717, 1.165) is 16.4 Å². The molecule has 3 rings (SSSR count). The quantitative estimate of drug-likeness (QED) is 0.696. The summed E-state index contributed by atoms with van der Waals surface area (Å²) in [5, 5.41) is 3.24. The van der Waals surface area contributed by atoms with Gasteiger partial charge in [0.15, 0.2) is 0 Å². The number of hydrogen-bond donors (Lipinski definition) is 3. The molecular formula is C14H20IN3O. The molecular weight excluding hydrogens is 353 g/mol. The van der Waals surface area contributed by atoms with Gasteiger partial charge in [-0.15, -0.1) is 0 Å². The minimum absolute atomic E-state index is 0.0280. The Morgan fingerprint density at radius 2 is 2.05 bits per heavy atom. The first-order valence-corrected chi connectivity index (χ1v) is 8.11. The van der Waals surface area contributed by atoms with Gasteiger partial charge in [-0.25, -0.2) is 0 Å². The zero-order valence-electron chi connectivity index (χ0n) is 10.9. The molecule has 1 heterocycles. The maximum Gasteiger partial charge on any atom is 0.267 e. The van der Waals surface area contributed by atoms with E-state index in [4.69, 9.17) is 5.73 Å². The van der Waals surface area contributed by atoms with Crippen LogP contribution in [-0.2, 0) is 0 Å². The summed E-state index contributed by atoms with van der Waals surface area (Å²) in [5.41, 5.74) is 6.78. The third kappa shape index (κ3) is 2.81. The van der Waals surface area contributed by atoms with Gasteiger partial charge >= 0.3 is 0 Å². The van der Waals surface area contributed by atoms with Gasteiger partial charge in [0.2, 0.25) is 0 Å². The van der Waals surface area contributed by atoms with Crippen molar-refractivity contribution in [2.75, 3.05) is 0 Å². The second-order valence-corrected chi connectivity index (χ2v) is 7.16. The fraction of sp³-hybridized carbons (Fsp3) is 0.643. The SMILES string of the molecule is NC1CC2CCCC(C1)C2NC(=O)c1cc(I)c[nH]1. The molecule has 4 N–H and O–H groups in total. The van der Waals surface area contributed by atoms with Gasteiger partial charge in [-0.3, -0.25) is 4.79 Å². The van der Waals surface area contributed by atoms with Crippen LogP contribution in [0.1, 0.15) is 42.6 Å². The van der Waals surface area contributed by atoms with Crippen LogP contribution in [0.2, 0.25) is 0 Å². The lowest BCUT2D eigenvalue weighted by atomic mass is 9.67. The van der Waals surface area contributed by atoms with Gasteiger partial charge < -0.3 is 16.0 Å². The molecule has 1 aromatic rings. The molecule has 2 bridgehead atoms. The fourth-order valence-electron chi connectivity index (χ4n) is 3.75. The lowest BCUT2D eigenvalue weighted by molar-refractivity contribution is 0.0752. The van der Waals surface area contributed by atoms with Crippen molar-refractivity contribution in [2.45, 2.75) is 44.2 Å². The predicted molar refractivity (Wildman–Crippen MR) is 82.8 cm³/mol. The van der Waals surface area contributed by atoms with E-state index in [1.54, 1.807) is 0 Å². The number of aromatic nitrogens is 1. The number of nitrogens with one attached hydrogen (secondary N) is 2. The molecule has 1 aromatic heterocycles. The van der Waals surface area contributed by atoms with Gasteiger partial charge in [-0.1, -0.05) is 6.42 Å². The van der Waals surface area contributed by atoms with E-state index < -0.39 is 0 Å². The zero-order chi connectivity index (χ0) is 13.4. The molecule has 0 saturated heterocycles. The molecule has 104 valence electrons. The molecule has 0 spiro atoms. The number of halogens is 1. The fourth-order valence-corrected chi connectivity index (χ4v) is 4.22. The van der Waals surface area contributed by atoms with Crippen LogP contribution < -0.4 is 11.1 Å². The Morgan fingerprint density at radius 3 is 2.63 bits per heavy atom. The molecule has 19 heavy (non-hydrogen) atoms. The summed E-state index contributed by atoms with van der Waals surface area (Å²) < 4.78 is 1.06. The summed E-state index contributed by atoms with van der Waals surface area (Å²) in [5.74, 6) is 1.17. The van der Waals surface area contributed by atoms with Gasteiger partial charge in [-0.2, -0.15) is 0 Å². The third-order valence-corrected chi connectivity index (χ3v) is 5.19. The second kappa shape index (κ2) is 5.44. The van der Waals surface area contributed by atoms with E-state index in [0.29, 0.717) is 29.6 Å². The number of hydrogen-bond acceptors (Lipinski definition) is 2. The first-order chi connectivity index (χ1) is 9.13.